The molecule has 0 radical (unpaired) electrons. The lowest BCUT2D eigenvalue weighted by atomic mass is 10.0. The summed E-state index contributed by atoms with van der Waals surface area (Å²) in [7, 11) is 0. The second-order valence-electron chi connectivity index (χ2n) is 9.28. The number of rotatable bonds is 6. The molecule has 2 aromatic rings. The van der Waals surface area contributed by atoms with Crippen molar-refractivity contribution in [2.24, 2.45) is 0 Å². The number of halogens is 1. The van der Waals surface area contributed by atoms with E-state index in [1.807, 2.05) is 18.2 Å². The van der Waals surface area contributed by atoms with E-state index in [0.717, 1.165) is 43.5 Å². The van der Waals surface area contributed by atoms with Crippen LogP contribution in [0.15, 0.2) is 42.5 Å². The summed E-state index contributed by atoms with van der Waals surface area (Å²) in [6.45, 7) is 2.60. The minimum atomic E-state index is -0.621. The Labute approximate surface area is 197 Å². The summed E-state index contributed by atoms with van der Waals surface area (Å²) in [5.41, 5.74) is 2.49. The van der Waals surface area contributed by atoms with Gasteiger partial charge < -0.3 is 9.64 Å². The Morgan fingerprint density at radius 3 is 2.65 bits per heavy atom. The van der Waals surface area contributed by atoms with Crippen molar-refractivity contribution in [3.8, 4) is 5.75 Å². The van der Waals surface area contributed by atoms with Gasteiger partial charge in [0, 0.05) is 31.1 Å². The fourth-order valence-corrected chi connectivity index (χ4v) is 5.11. The molecule has 178 valence electrons. The Morgan fingerprint density at radius 1 is 1.03 bits per heavy atom. The van der Waals surface area contributed by atoms with Crippen LogP contribution in [0.25, 0.3) is 0 Å². The number of amides is 3. The number of carbonyl (C=O) groups excluding carboxylic acids is 3. The number of fused-ring (bicyclic) bond motifs is 1. The SMILES string of the molecule is O=C1CCC(N2Cc3cc(OCC4CCCCN4Cc4ccc(F)cc4)ccc3C2=O)C(=O)N1. The van der Waals surface area contributed by atoms with Crippen molar-refractivity contribution in [3.63, 3.8) is 0 Å². The van der Waals surface area contributed by atoms with E-state index in [4.69, 9.17) is 4.74 Å². The molecule has 3 aliphatic heterocycles. The molecule has 0 aliphatic carbocycles. The topological polar surface area (TPSA) is 79.0 Å². The molecule has 7 nitrogen and oxygen atoms in total. The number of ether oxygens (including phenoxy) is 1. The summed E-state index contributed by atoms with van der Waals surface area (Å²) in [4.78, 5) is 40.5. The standard InChI is InChI=1S/C26H28FN3O4/c27-19-6-4-17(5-7-19)14-29-12-2-1-3-20(29)16-34-21-8-9-22-18(13-21)15-30(26(22)33)23-10-11-24(31)28-25(23)32/h4-9,13,20,23H,1-3,10-12,14-16H2,(H,28,31,32). The second-order valence-corrected chi connectivity index (χ2v) is 9.28. The molecule has 3 amide bonds. The van der Waals surface area contributed by atoms with Gasteiger partial charge in [0.15, 0.2) is 0 Å². The highest BCUT2D eigenvalue weighted by molar-refractivity contribution is 6.05. The number of benzene rings is 2. The zero-order valence-corrected chi connectivity index (χ0v) is 19.0. The van der Waals surface area contributed by atoms with Gasteiger partial charge in [-0.2, -0.15) is 0 Å². The highest BCUT2D eigenvalue weighted by Crippen LogP contribution is 2.30. The van der Waals surface area contributed by atoms with E-state index in [1.54, 1.807) is 17.0 Å². The highest BCUT2D eigenvalue weighted by atomic mass is 19.1. The van der Waals surface area contributed by atoms with Gasteiger partial charge in [-0.15, -0.1) is 0 Å². The first-order chi connectivity index (χ1) is 16.5. The maximum absolute atomic E-state index is 13.2. The van der Waals surface area contributed by atoms with Crippen molar-refractivity contribution in [1.82, 2.24) is 15.1 Å². The van der Waals surface area contributed by atoms with Crippen LogP contribution in [0.2, 0.25) is 0 Å². The van der Waals surface area contributed by atoms with Gasteiger partial charge in [-0.3, -0.25) is 24.6 Å². The molecule has 5 rings (SSSR count). The molecule has 2 atom stereocenters. The van der Waals surface area contributed by atoms with E-state index in [1.165, 1.54) is 12.1 Å². The van der Waals surface area contributed by atoms with E-state index in [-0.39, 0.29) is 30.1 Å². The molecule has 34 heavy (non-hydrogen) atoms. The van der Waals surface area contributed by atoms with E-state index < -0.39 is 11.9 Å². The van der Waals surface area contributed by atoms with Crippen LogP contribution in [-0.4, -0.2) is 52.8 Å². The smallest absolute Gasteiger partial charge is 0.255 e. The first-order valence-electron chi connectivity index (χ1n) is 11.9. The predicted octanol–water partition coefficient (Wildman–Crippen LogP) is 3.02. The van der Waals surface area contributed by atoms with Gasteiger partial charge in [-0.05, 0) is 67.3 Å². The van der Waals surface area contributed by atoms with Crippen LogP contribution < -0.4 is 10.1 Å². The summed E-state index contributed by atoms with van der Waals surface area (Å²) in [6.07, 6.45) is 3.90. The third-order valence-corrected chi connectivity index (χ3v) is 6.99. The molecule has 1 N–H and O–H groups in total. The molecule has 2 saturated heterocycles. The number of piperidine rings is 2. The van der Waals surface area contributed by atoms with Crippen LogP contribution >= 0.6 is 0 Å². The Hall–Kier alpha value is -3.26. The lowest BCUT2D eigenvalue weighted by Gasteiger charge is -2.35. The molecular formula is C26H28FN3O4. The van der Waals surface area contributed by atoms with Crippen molar-refractivity contribution in [1.29, 1.82) is 0 Å². The summed E-state index contributed by atoms with van der Waals surface area (Å²) >= 11 is 0. The van der Waals surface area contributed by atoms with E-state index in [0.29, 0.717) is 30.9 Å². The molecule has 0 bridgehead atoms. The number of carbonyl (C=O) groups is 3. The average Bonchev–Trinajstić information content (AvgIpc) is 3.15. The average molecular weight is 466 g/mol. The van der Waals surface area contributed by atoms with Crippen molar-refractivity contribution in [3.05, 3.63) is 65.0 Å². The maximum atomic E-state index is 13.2. The normalized spacial score (nSPS) is 23.1. The summed E-state index contributed by atoms with van der Waals surface area (Å²) in [5, 5.41) is 2.33. The summed E-state index contributed by atoms with van der Waals surface area (Å²) in [6, 6.07) is 11.7. The Morgan fingerprint density at radius 2 is 1.85 bits per heavy atom. The van der Waals surface area contributed by atoms with Crippen LogP contribution in [0.3, 0.4) is 0 Å². The van der Waals surface area contributed by atoms with Gasteiger partial charge in [0.1, 0.15) is 24.2 Å². The number of likely N-dealkylation sites (tertiary alicyclic amines) is 1. The molecule has 2 fully saturated rings. The van der Waals surface area contributed by atoms with Crippen LogP contribution in [0, 0.1) is 5.82 Å². The van der Waals surface area contributed by atoms with Crippen molar-refractivity contribution in [2.75, 3.05) is 13.2 Å². The third kappa shape index (κ3) is 4.68. The van der Waals surface area contributed by atoms with E-state index in [2.05, 4.69) is 10.2 Å². The van der Waals surface area contributed by atoms with E-state index in [9.17, 15) is 18.8 Å². The summed E-state index contributed by atoms with van der Waals surface area (Å²) in [5.74, 6) is -0.420. The fourth-order valence-electron chi connectivity index (χ4n) is 5.11. The van der Waals surface area contributed by atoms with Gasteiger partial charge in [-0.25, -0.2) is 4.39 Å². The van der Waals surface area contributed by atoms with E-state index >= 15 is 0 Å². The Kier molecular flexibility index (Phi) is 6.32. The van der Waals surface area contributed by atoms with Crippen molar-refractivity contribution in [2.45, 2.75) is 57.3 Å². The van der Waals surface area contributed by atoms with Crippen LogP contribution in [-0.2, 0) is 22.7 Å². The lowest BCUT2D eigenvalue weighted by molar-refractivity contribution is -0.136. The number of hydrogen-bond donors (Lipinski definition) is 1. The quantitative estimate of drug-likeness (QED) is 0.664. The van der Waals surface area contributed by atoms with Gasteiger partial charge in [0.2, 0.25) is 11.8 Å². The molecule has 8 heteroatoms. The fraction of sp³-hybridized carbons (Fsp3) is 0.423. The third-order valence-electron chi connectivity index (χ3n) is 6.99. The second kappa shape index (κ2) is 9.54. The molecule has 2 unspecified atom stereocenters. The highest BCUT2D eigenvalue weighted by Gasteiger charge is 2.39. The lowest BCUT2D eigenvalue weighted by Crippen LogP contribution is -2.52. The molecule has 0 saturated carbocycles. The van der Waals surface area contributed by atoms with Gasteiger partial charge in [0.25, 0.3) is 5.91 Å². The van der Waals surface area contributed by atoms with Gasteiger partial charge in [-0.1, -0.05) is 18.6 Å². The van der Waals surface area contributed by atoms with Crippen molar-refractivity contribution < 1.29 is 23.5 Å². The monoisotopic (exact) mass is 465 g/mol. The number of nitrogens with one attached hydrogen (secondary N) is 1. The molecule has 3 heterocycles. The zero-order valence-electron chi connectivity index (χ0n) is 19.0. The largest absolute Gasteiger partial charge is 0.492 e. The van der Waals surface area contributed by atoms with Crippen LogP contribution in [0.4, 0.5) is 4.39 Å². The molecule has 0 aromatic heterocycles. The minimum absolute atomic E-state index is 0.186. The number of nitrogens with zero attached hydrogens (tertiary/aromatic N) is 2. The van der Waals surface area contributed by atoms with Crippen LogP contribution in [0.1, 0.15) is 53.6 Å². The summed E-state index contributed by atoms with van der Waals surface area (Å²) < 4.78 is 19.4. The molecule has 2 aromatic carbocycles. The number of imide groups is 1. The van der Waals surface area contributed by atoms with Gasteiger partial charge >= 0.3 is 0 Å². The predicted molar refractivity (Wildman–Crippen MR) is 122 cm³/mol. The van der Waals surface area contributed by atoms with Crippen LogP contribution in [0.5, 0.6) is 5.75 Å². The van der Waals surface area contributed by atoms with Gasteiger partial charge in [0.05, 0.1) is 0 Å². The first-order valence-corrected chi connectivity index (χ1v) is 11.9. The maximum Gasteiger partial charge on any atom is 0.255 e. The first kappa shape index (κ1) is 22.5. The molecule has 0 spiro atoms. The molecular weight excluding hydrogens is 437 g/mol. The Balaban J connectivity index is 1.22. The Bertz CT molecular complexity index is 1100. The minimum Gasteiger partial charge on any atom is -0.492 e. The zero-order chi connectivity index (χ0) is 23.7. The number of hydrogen-bond acceptors (Lipinski definition) is 5. The van der Waals surface area contributed by atoms with Crippen molar-refractivity contribution >= 4 is 17.7 Å². The molecule has 3 aliphatic rings.